The van der Waals surface area contributed by atoms with Gasteiger partial charge in [0.25, 0.3) is 0 Å². The molecule has 8 heteroatoms. The van der Waals surface area contributed by atoms with Crippen molar-refractivity contribution in [3.63, 3.8) is 0 Å². The molecule has 0 saturated carbocycles. The Morgan fingerprint density at radius 3 is 2.74 bits per heavy atom. The lowest BCUT2D eigenvalue weighted by molar-refractivity contribution is -0.141. The number of fused-ring (bicyclic) bond motifs is 1. The molecule has 0 radical (unpaired) electrons. The lowest BCUT2D eigenvalue weighted by atomic mass is 9.85. The van der Waals surface area contributed by atoms with Crippen molar-refractivity contribution in [3.05, 3.63) is 36.2 Å². The largest absolute Gasteiger partial charge is 0.468 e. The first-order chi connectivity index (χ1) is 12.8. The van der Waals surface area contributed by atoms with Crippen LogP contribution in [0.1, 0.15) is 45.3 Å². The molecule has 0 aliphatic rings. The first-order valence-electron chi connectivity index (χ1n) is 8.92. The number of aryl methyl sites for hydroxylation is 1. The van der Waals surface area contributed by atoms with Gasteiger partial charge in [-0.25, -0.2) is 14.6 Å². The Morgan fingerprint density at radius 2 is 2.11 bits per heavy atom. The van der Waals surface area contributed by atoms with Crippen LogP contribution in [0.25, 0.3) is 11.0 Å². The van der Waals surface area contributed by atoms with E-state index in [4.69, 9.17) is 9.15 Å². The average molecular weight is 371 g/mol. The first-order valence-corrected chi connectivity index (χ1v) is 8.92. The average Bonchev–Trinajstić information content (AvgIpc) is 3.26. The number of hydrogen-bond donors (Lipinski definition) is 1. The Labute approximate surface area is 157 Å². The van der Waals surface area contributed by atoms with Crippen LogP contribution in [-0.4, -0.2) is 32.8 Å². The number of anilines is 1. The number of methoxy groups -OCH3 is 1. The molecule has 0 saturated heterocycles. The molecule has 0 fully saturated rings. The van der Waals surface area contributed by atoms with Crippen LogP contribution in [0.5, 0.6) is 0 Å². The SMILES string of the molecule is CCc1ccc([C@H](Nc2ncnc3c2cnn3CC(=O)OC)C(C)(C)C)o1. The summed E-state index contributed by atoms with van der Waals surface area (Å²) in [7, 11) is 1.35. The van der Waals surface area contributed by atoms with Gasteiger partial charge in [-0.1, -0.05) is 27.7 Å². The van der Waals surface area contributed by atoms with Crippen molar-refractivity contribution in [2.45, 2.75) is 46.7 Å². The lowest BCUT2D eigenvalue weighted by Gasteiger charge is -2.30. The van der Waals surface area contributed by atoms with E-state index in [-0.39, 0.29) is 24.0 Å². The third-order valence-electron chi connectivity index (χ3n) is 4.40. The summed E-state index contributed by atoms with van der Waals surface area (Å²) < 4.78 is 12.2. The van der Waals surface area contributed by atoms with Gasteiger partial charge >= 0.3 is 5.97 Å². The molecule has 8 nitrogen and oxygen atoms in total. The molecule has 0 unspecified atom stereocenters. The van der Waals surface area contributed by atoms with Gasteiger partial charge in [-0.05, 0) is 17.5 Å². The molecule has 1 atom stereocenters. The number of esters is 1. The van der Waals surface area contributed by atoms with Crippen molar-refractivity contribution in [2.75, 3.05) is 12.4 Å². The number of aromatic nitrogens is 4. The number of hydrogen-bond acceptors (Lipinski definition) is 7. The standard InChI is InChI=1S/C19H25N5O3/c1-6-12-7-8-14(27-12)16(19(2,3)4)23-17-13-9-22-24(10-15(25)26-5)18(13)21-11-20-17/h7-9,11,16H,6,10H2,1-5H3,(H,20,21,23)/t16-/m0/s1. The van der Waals surface area contributed by atoms with E-state index in [1.807, 2.05) is 12.1 Å². The van der Waals surface area contributed by atoms with E-state index >= 15 is 0 Å². The Hall–Kier alpha value is -2.90. The minimum atomic E-state index is -0.386. The van der Waals surface area contributed by atoms with Crippen molar-refractivity contribution < 1.29 is 13.9 Å². The van der Waals surface area contributed by atoms with Gasteiger partial charge in [0.05, 0.1) is 24.7 Å². The van der Waals surface area contributed by atoms with Crippen molar-refractivity contribution >= 4 is 22.8 Å². The van der Waals surface area contributed by atoms with Gasteiger partial charge in [-0.15, -0.1) is 0 Å². The van der Waals surface area contributed by atoms with Crippen LogP contribution in [0.2, 0.25) is 0 Å². The summed E-state index contributed by atoms with van der Waals surface area (Å²) in [5.41, 5.74) is 0.446. The smallest absolute Gasteiger partial charge is 0.327 e. The summed E-state index contributed by atoms with van der Waals surface area (Å²) in [5.74, 6) is 2.06. The second-order valence-electron chi connectivity index (χ2n) is 7.44. The quantitative estimate of drug-likeness (QED) is 0.664. The maximum Gasteiger partial charge on any atom is 0.327 e. The zero-order valence-electron chi connectivity index (χ0n) is 16.3. The van der Waals surface area contributed by atoms with E-state index in [0.717, 1.165) is 23.3 Å². The second-order valence-corrected chi connectivity index (χ2v) is 7.44. The Kier molecular flexibility index (Phi) is 5.16. The minimum absolute atomic E-state index is 0.00278. The van der Waals surface area contributed by atoms with Crippen LogP contribution in [-0.2, 0) is 22.5 Å². The maximum atomic E-state index is 11.6. The molecule has 0 bridgehead atoms. The minimum Gasteiger partial charge on any atom is -0.468 e. The number of rotatable bonds is 6. The molecule has 3 rings (SSSR count). The third-order valence-corrected chi connectivity index (χ3v) is 4.40. The number of nitrogens with zero attached hydrogens (tertiary/aromatic N) is 4. The van der Waals surface area contributed by atoms with Crippen LogP contribution in [0.3, 0.4) is 0 Å². The van der Waals surface area contributed by atoms with Gasteiger partial charge in [0, 0.05) is 6.42 Å². The number of ether oxygens (including phenoxy) is 1. The van der Waals surface area contributed by atoms with Gasteiger partial charge in [-0.3, -0.25) is 4.79 Å². The summed E-state index contributed by atoms with van der Waals surface area (Å²) in [5, 5.41) is 8.47. The predicted octanol–water partition coefficient (Wildman–Crippen LogP) is 3.35. The normalized spacial score (nSPS) is 12.9. The van der Waals surface area contributed by atoms with Gasteiger partial charge in [0.1, 0.15) is 30.2 Å². The van der Waals surface area contributed by atoms with E-state index in [2.05, 4.69) is 48.1 Å². The molecule has 0 aliphatic carbocycles. The summed E-state index contributed by atoms with van der Waals surface area (Å²) >= 11 is 0. The molecule has 1 N–H and O–H groups in total. The van der Waals surface area contributed by atoms with E-state index in [1.165, 1.54) is 18.1 Å². The van der Waals surface area contributed by atoms with Crippen LogP contribution in [0.4, 0.5) is 5.82 Å². The maximum absolute atomic E-state index is 11.6. The molecule has 3 aromatic heterocycles. The van der Waals surface area contributed by atoms with Crippen molar-refractivity contribution in [2.24, 2.45) is 5.41 Å². The Balaban J connectivity index is 1.96. The van der Waals surface area contributed by atoms with E-state index in [0.29, 0.717) is 11.5 Å². The lowest BCUT2D eigenvalue weighted by Crippen LogP contribution is -2.26. The molecule has 3 aromatic rings. The number of carbonyl (C=O) groups excluding carboxylic acids is 1. The molecule has 0 aliphatic heterocycles. The van der Waals surface area contributed by atoms with E-state index in [1.54, 1.807) is 6.20 Å². The summed E-state index contributed by atoms with van der Waals surface area (Å²) in [6, 6.07) is 3.90. The first kappa shape index (κ1) is 18.9. The van der Waals surface area contributed by atoms with Crippen LogP contribution in [0, 0.1) is 5.41 Å². The second kappa shape index (κ2) is 7.38. The summed E-state index contributed by atoms with van der Waals surface area (Å²) in [6.07, 6.45) is 3.95. The molecule has 3 heterocycles. The Morgan fingerprint density at radius 1 is 1.33 bits per heavy atom. The molecule has 0 spiro atoms. The van der Waals surface area contributed by atoms with Gasteiger partial charge in [0.2, 0.25) is 0 Å². The molecule has 0 amide bonds. The van der Waals surface area contributed by atoms with Gasteiger partial charge in [0.15, 0.2) is 5.65 Å². The van der Waals surface area contributed by atoms with Gasteiger partial charge < -0.3 is 14.5 Å². The fourth-order valence-corrected chi connectivity index (χ4v) is 2.90. The number of furan rings is 1. The molecule has 144 valence electrons. The zero-order valence-corrected chi connectivity index (χ0v) is 16.3. The number of nitrogens with one attached hydrogen (secondary N) is 1. The molecular weight excluding hydrogens is 346 g/mol. The monoisotopic (exact) mass is 371 g/mol. The molecule has 27 heavy (non-hydrogen) atoms. The highest BCUT2D eigenvalue weighted by atomic mass is 16.5. The molecular formula is C19H25N5O3. The van der Waals surface area contributed by atoms with Crippen molar-refractivity contribution in [1.82, 2.24) is 19.7 Å². The topological polar surface area (TPSA) is 95.1 Å². The fourth-order valence-electron chi connectivity index (χ4n) is 2.90. The van der Waals surface area contributed by atoms with Gasteiger partial charge in [-0.2, -0.15) is 5.10 Å². The third kappa shape index (κ3) is 3.94. The van der Waals surface area contributed by atoms with Crippen LogP contribution >= 0.6 is 0 Å². The van der Waals surface area contributed by atoms with E-state index in [9.17, 15) is 4.79 Å². The van der Waals surface area contributed by atoms with Crippen molar-refractivity contribution in [1.29, 1.82) is 0 Å². The fraction of sp³-hybridized carbons (Fsp3) is 0.474. The highest BCUT2D eigenvalue weighted by molar-refractivity contribution is 5.87. The van der Waals surface area contributed by atoms with Crippen molar-refractivity contribution in [3.8, 4) is 0 Å². The highest BCUT2D eigenvalue weighted by Gasteiger charge is 2.30. The zero-order chi connectivity index (χ0) is 19.6. The van der Waals surface area contributed by atoms with E-state index < -0.39 is 0 Å². The summed E-state index contributed by atoms with van der Waals surface area (Å²) in [4.78, 5) is 20.2. The Bertz CT molecular complexity index is 938. The highest BCUT2D eigenvalue weighted by Crippen LogP contribution is 2.37. The predicted molar refractivity (Wildman–Crippen MR) is 101 cm³/mol. The number of carbonyl (C=O) groups is 1. The van der Waals surface area contributed by atoms with Crippen LogP contribution < -0.4 is 5.32 Å². The summed E-state index contributed by atoms with van der Waals surface area (Å²) in [6.45, 7) is 8.47. The van der Waals surface area contributed by atoms with Crippen LogP contribution in [0.15, 0.2) is 29.1 Å². The molecule has 0 aromatic carbocycles.